The van der Waals surface area contributed by atoms with E-state index in [1.165, 1.54) is 30.0 Å². The number of anilines is 1. The third-order valence-electron chi connectivity index (χ3n) is 5.26. The number of ether oxygens (including phenoxy) is 1. The maximum atomic E-state index is 13.1. The van der Waals surface area contributed by atoms with E-state index in [2.05, 4.69) is 10.3 Å². The van der Waals surface area contributed by atoms with Crippen molar-refractivity contribution in [1.29, 1.82) is 0 Å². The molecule has 1 aliphatic heterocycles. The largest absolute Gasteiger partial charge is 0.376 e. The standard InChI is InChI=1S/C22H22N4O5S/c1-14-11-15(26(29)30)8-9-18(14)23-20(27)13-32-22-24-19-7-3-2-6-17(19)21(28)25(22)12-16-5-4-10-31-16/h2-3,6-9,11,16H,4-5,10,12-13H2,1H3,(H,23,27). The molecule has 10 heteroatoms. The number of thioether (sulfide) groups is 1. The summed E-state index contributed by atoms with van der Waals surface area (Å²) in [7, 11) is 0. The highest BCUT2D eigenvalue weighted by Crippen LogP contribution is 2.23. The first kappa shape index (κ1) is 22.0. The minimum absolute atomic E-state index is 0.0339. The molecule has 1 fully saturated rings. The minimum Gasteiger partial charge on any atom is -0.376 e. The number of carbonyl (C=O) groups excluding carboxylic acids is 1. The number of non-ortho nitro benzene ring substituents is 1. The van der Waals surface area contributed by atoms with Crippen molar-refractivity contribution in [1.82, 2.24) is 9.55 Å². The van der Waals surface area contributed by atoms with Gasteiger partial charge in [0.1, 0.15) is 0 Å². The number of nitro benzene ring substituents is 1. The zero-order valence-corrected chi connectivity index (χ0v) is 18.3. The van der Waals surface area contributed by atoms with Crippen LogP contribution in [0.15, 0.2) is 52.4 Å². The molecule has 9 nitrogen and oxygen atoms in total. The van der Waals surface area contributed by atoms with Gasteiger partial charge in [0.05, 0.1) is 34.2 Å². The fraction of sp³-hybridized carbons (Fsp3) is 0.318. The van der Waals surface area contributed by atoms with Crippen LogP contribution in [0, 0.1) is 17.0 Å². The summed E-state index contributed by atoms with van der Waals surface area (Å²) < 4.78 is 7.29. The zero-order chi connectivity index (χ0) is 22.7. The molecular formula is C22H22N4O5S. The number of hydrogen-bond donors (Lipinski definition) is 1. The summed E-state index contributed by atoms with van der Waals surface area (Å²) in [4.78, 5) is 40.7. The van der Waals surface area contributed by atoms with E-state index in [1.54, 1.807) is 29.7 Å². The second kappa shape index (κ2) is 9.49. The highest BCUT2D eigenvalue weighted by molar-refractivity contribution is 7.99. The Hall–Kier alpha value is -3.24. The summed E-state index contributed by atoms with van der Waals surface area (Å²) in [6.45, 7) is 2.77. The van der Waals surface area contributed by atoms with Crippen LogP contribution in [0.2, 0.25) is 0 Å². The highest BCUT2D eigenvalue weighted by atomic mass is 32.2. The number of nitro groups is 1. The zero-order valence-electron chi connectivity index (χ0n) is 17.4. The van der Waals surface area contributed by atoms with Crippen molar-refractivity contribution in [2.45, 2.75) is 37.6 Å². The Labute approximate surface area is 187 Å². The summed E-state index contributed by atoms with van der Waals surface area (Å²) >= 11 is 1.18. The van der Waals surface area contributed by atoms with Gasteiger partial charge in [-0.15, -0.1) is 0 Å². The lowest BCUT2D eigenvalue weighted by molar-refractivity contribution is -0.384. The van der Waals surface area contributed by atoms with Crippen molar-refractivity contribution < 1.29 is 14.5 Å². The molecule has 0 aliphatic carbocycles. The van der Waals surface area contributed by atoms with Gasteiger partial charge < -0.3 is 10.1 Å². The van der Waals surface area contributed by atoms with Crippen LogP contribution in [0.3, 0.4) is 0 Å². The molecule has 0 bridgehead atoms. The Morgan fingerprint density at radius 2 is 2.16 bits per heavy atom. The molecule has 1 saturated heterocycles. The van der Waals surface area contributed by atoms with Gasteiger partial charge >= 0.3 is 0 Å². The molecule has 1 N–H and O–H groups in total. The third-order valence-corrected chi connectivity index (χ3v) is 6.24. The van der Waals surface area contributed by atoms with Gasteiger partial charge in [-0.3, -0.25) is 24.3 Å². The van der Waals surface area contributed by atoms with Gasteiger partial charge in [0.2, 0.25) is 5.91 Å². The van der Waals surface area contributed by atoms with Crippen LogP contribution in [0.5, 0.6) is 0 Å². The van der Waals surface area contributed by atoms with Crippen LogP contribution < -0.4 is 10.9 Å². The van der Waals surface area contributed by atoms with Crippen molar-refractivity contribution in [3.05, 3.63) is 68.5 Å². The van der Waals surface area contributed by atoms with Gasteiger partial charge in [-0.2, -0.15) is 0 Å². The Morgan fingerprint density at radius 3 is 2.88 bits per heavy atom. The molecule has 1 amide bonds. The number of nitrogens with zero attached hydrogens (tertiary/aromatic N) is 3. The molecule has 1 aromatic heterocycles. The lowest BCUT2D eigenvalue weighted by atomic mass is 10.2. The normalized spacial score (nSPS) is 15.7. The van der Waals surface area contributed by atoms with E-state index in [0.717, 1.165) is 12.8 Å². The molecule has 0 saturated carbocycles. The van der Waals surface area contributed by atoms with E-state index in [4.69, 9.17) is 4.74 Å². The van der Waals surface area contributed by atoms with Gasteiger partial charge in [0.25, 0.3) is 11.2 Å². The number of rotatable bonds is 7. The monoisotopic (exact) mass is 454 g/mol. The first-order valence-electron chi connectivity index (χ1n) is 10.2. The van der Waals surface area contributed by atoms with Crippen LogP contribution in [0.4, 0.5) is 11.4 Å². The molecule has 1 aliphatic rings. The fourth-order valence-electron chi connectivity index (χ4n) is 3.63. The van der Waals surface area contributed by atoms with Crippen LogP contribution in [0.25, 0.3) is 10.9 Å². The van der Waals surface area contributed by atoms with Gasteiger partial charge in [-0.05, 0) is 43.5 Å². The molecule has 3 aromatic rings. The molecular weight excluding hydrogens is 432 g/mol. The maximum absolute atomic E-state index is 13.1. The fourth-order valence-corrected chi connectivity index (χ4v) is 4.44. The van der Waals surface area contributed by atoms with Crippen molar-refractivity contribution in [2.75, 3.05) is 17.7 Å². The first-order valence-corrected chi connectivity index (χ1v) is 11.2. The summed E-state index contributed by atoms with van der Waals surface area (Å²) in [5, 5.41) is 14.6. The maximum Gasteiger partial charge on any atom is 0.269 e. The van der Waals surface area contributed by atoms with Gasteiger partial charge in [0.15, 0.2) is 5.16 Å². The van der Waals surface area contributed by atoms with E-state index < -0.39 is 4.92 Å². The SMILES string of the molecule is Cc1cc([N+](=O)[O-])ccc1NC(=O)CSc1nc2ccccc2c(=O)n1CC1CCCO1. The van der Waals surface area contributed by atoms with E-state index in [0.29, 0.717) is 40.5 Å². The smallest absolute Gasteiger partial charge is 0.269 e. The Kier molecular flexibility index (Phi) is 6.52. The van der Waals surface area contributed by atoms with Crippen LogP contribution >= 0.6 is 11.8 Å². The number of aromatic nitrogens is 2. The van der Waals surface area contributed by atoms with Gasteiger partial charge in [0, 0.05) is 24.4 Å². The van der Waals surface area contributed by atoms with Crippen molar-refractivity contribution in [3.8, 4) is 0 Å². The van der Waals surface area contributed by atoms with Crippen molar-refractivity contribution in [2.24, 2.45) is 0 Å². The Bertz CT molecular complexity index is 1240. The number of nitrogens with one attached hydrogen (secondary N) is 1. The van der Waals surface area contributed by atoms with E-state index in [9.17, 15) is 19.7 Å². The summed E-state index contributed by atoms with van der Waals surface area (Å²) in [6, 6.07) is 11.4. The van der Waals surface area contributed by atoms with Crippen LogP contribution in [-0.2, 0) is 16.1 Å². The highest BCUT2D eigenvalue weighted by Gasteiger charge is 2.21. The molecule has 2 aromatic carbocycles. The summed E-state index contributed by atoms with van der Waals surface area (Å²) in [5.74, 6) is -0.259. The lowest BCUT2D eigenvalue weighted by Gasteiger charge is -2.16. The second-order valence-corrected chi connectivity index (χ2v) is 8.50. The van der Waals surface area contributed by atoms with E-state index in [-0.39, 0.29) is 29.0 Å². The van der Waals surface area contributed by atoms with Gasteiger partial charge in [-0.25, -0.2) is 4.98 Å². The predicted octanol–water partition coefficient (Wildman–Crippen LogP) is 3.52. The van der Waals surface area contributed by atoms with E-state index >= 15 is 0 Å². The Morgan fingerprint density at radius 1 is 1.34 bits per heavy atom. The number of aryl methyl sites for hydroxylation is 1. The number of amides is 1. The van der Waals surface area contributed by atoms with Crippen LogP contribution in [0.1, 0.15) is 18.4 Å². The van der Waals surface area contributed by atoms with Crippen molar-refractivity contribution >= 4 is 39.9 Å². The molecule has 1 unspecified atom stereocenters. The molecule has 32 heavy (non-hydrogen) atoms. The lowest BCUT2D eigenvalue weighted by Crippen LogP contribution is -2.29. The first-order chi connectivity index (χ1) is 15.4. The predicted molar refractivity (Wildman–Crippen MR) is 122 cm³/mol. The average Bonchev–Trinajstić information content (AvgIpc) is 3.29. The topological polar surface area (TPSA) is 116 Å². The molecule has 166 valence electrons. The molecule has 0 spiro atoms. The quantitative estimate of drug-likeness (QED) is 0.251. The molecule has 4 rings (SSSR count). The molecule has 2 heterocycles. The third kappa shape index (κ3) is 4.81. The number of carbonyl (C=O) groups is 1. The van der Waals surface area contributed by atoms with Crippen LogP contribution in [-0.4, -0.2) is 38.8 Å². The Balaban J connectivity index is 1.53. The number of benzene rings is 2. The average molecular weight is 455 g/mol. The van der Waals surface area contributed by atoms with Crippen molar-refractivity contribution in [3.63, 3.8) is 0 Å². The van der Waals surface area contributed by atoms with E-state index in [1.807, 2.05) is 6.07 Å². The number of fused-ring (bicyclic) bond motifs is 1. The van der Waals surface area contributed by atoms with Gasteiger partial charge in [-0.1, -0.05) is 23.9 Å². The molecule has 1 atom stereocenters. The summed E-state index contributed by atoms with van der Waals surface area (Å²) in [5.41, 5.74) is 1.49. The number of hydrogen-bond acceptors (Lipinski definition) is 7. The minimum atomic E-state index is -0.479. The molecule has 0 radical (unpaired) electrons. The second-order valence-electron chi connectivity index (χ2n) is 7.56. The summed E-state index contributed by atoms with van der Waals surface area (Å²) in [6.07, 6.45) is 1.79. The number of para-hydroxylation sites is 1.